The molecule has 1 aliphatic carbocycles. The van der Waals surface area contributed by atoms with Gasteiger partial charge in [-0.3, -0.25) is 0 Å². The van der Waals surface area contributed by atoms with E-state index in [0.717, 1.165) is 28.8 Å². The number of nitrogens with zero attached hydrogens (tertiary/aromatic N) is 2. The van der Waals surface area contributed by atoms with Gasteiger partial charge in [-0.25, -0.2) is 9.97 Å². The first kappa shape index (κ1) is 7.68. The fraction of sp³-hybridized carbons (Fsp3) is 0.167. The zero-order chi connectivity index (χ0) is 9.54. The zero-order valence-electron chi connectivity index (χ0n) is 7.99. The summed E-state index contributed by atoms with van der Waals surface area (Å²) in [7, 11) is 0. The average molecular weight is 182 g/mol. The molecular formula is C12H10N2. The molecule has 0 fully saturated rings. The van der Waals surface area contributed by atoms with Crippen LogP contribution in [0, 0.1) is 0 Å². The Labute approximate surface area is 82.3 Å². The van der Waals surface area contributed by atoms with Crippen LogP contribution in [0.15, 0.2) is 29.8 Å². The van der Waals surface area contributed by atoms with E-state index >= 15 is 0 Å². The number of aromatic nitrogens is 2. The third-order valence-corrected chi connectivity index (χ3v) is 2.50. The standard InChI is InChI=1S/C12H10N2/c1-8-6-11-12(7-8)14-10-5-3-2-4-9(10)13-11/h2-6H,7H2,1H3. The molecule has 0 amide bonds. The predicted octanol–water partition coefficient (Wildman–Crippen LogP) is 2.59. The van der Waals surface area contributed by atoms with E-state index in [1.165, 1.54) is 5.57 Å². The van der Waals surface area contributed by atoms with Crippen LogP contribution in [0.3, 0.4) is 0 Å². The van der Waals surface area contributed by atoms with Gasteiger partial charge in [-0.05, 0) is 25.1 Å². The molecule has 0 unspecified atom stereocenters. The highest BCUT2D eigenvalue weighted by Crippen LogP contribution is 2.23. The third-order valence-electron chi connectivity index (χ3n) is 2.50. The maximum absolute atomic E-state index is 4.59. The highest BCUT2D eigenvalue weighted by molar-refractivity contribution is 5.76. The van der Waals surface area contributed by atoms with Gasteiger partial charge in [-0.2, -0.15) is 0 Å². The van der Waals surface area contributed by atoms with E-state index in [0.29, 0.717) is 0 Å². The second kappa shape index (κ2) is 2.64. The number of benzene rings is 1. The van der Waals surface area contributed by atoms with Gasteiger partial charge >= 0.3 is 0 Å². The molecule has 0 spiro atoms. The Kier molecular flexibility index (Phi) is 1.45. The van der Waals surface area contributed by atoms with Crippen molar-refractivity contribution < 1.29 is 0 Å². The first-order valence-electron chi connectivity index (χ1n) is 4.76. The van der Waals surface area contributed by atoms with Gasteiger partial charge in [0.25, 0.3) is 0 Å². The molecule has 1 aromatic carbocycles. The van der Waals surface area contributed by atoms with Crippen LogP contribution < -0.4 is 0 Å². The SMILES string of the molecule is CC1=Cc2nc3ccccc3nc2C1. The first-order chi connectivity index (χ1) is 6.83. The monoisotopic (exact) mass is 182 g/mol. The van der Waals surface area contributed by atoms with Crippen molar-refractivity contribution in [2.24, 2.45) is 0 Å². The fourth-order valence-electron chi connectivity index (χ4n) is 1.84. The van der Waals surface area contributed by atoms with Gasteiger partial charge < -0.3 is 0 Å². The molecule has 1 aliphatic rings. The van der Waals surface area contributed by atoms with Crippen LogP contribution in [0.1, 0.15) is 18.3 Å². The lowest BCUT2D eigenvalue weighted by molar-refractivity contribution is 1.08. The minimum atomic E-state index is 0.952. The lowest BCUT2D eigenvalue weighted by Gasteiger charge is -2.00. The second-order valence-electron chi connectivity index (χ2n) is 3.71. The van der Waals surface area contributed by atoms with E-state index in [9.17, 15) is 0 Å². The quantitative estimate of drug-likeness (QED) is 0.625. The molecule has 2 heteroatoms. The van der Waals surface area contributed by atoms with Gasteiger partial charge in [0.2, 0.25) is 0 Å². The van der Waals surface area contributed by atoms with Crippen LogP contribution in [-0.4, -0.2) is 9.97 Å². The van der Waals surface area contributed by atoms with Crippen molar-refractivity contribution in [1.82, 2.24) is 9.97 Å². The maximum atomic E-state index is 4.59. The lowest BCUT2D eigenvalue weighted by Crippen LogP contribution is -1.93. The molecule has 0 radical (unpaired) electrons. The van der Waals surface area contributed by atoms with E-state index in [1.54, 1.807) is 0 Å². The molecule has 3 rings (SSSR count). The fourth-order valence-corrected chi connectivity index (χ4v) is 1.84. The number of hydrogen-bond acceptors (Lipinski definition) is 2. The Morgan fingerprint density at radius 1 is 1.07 bits per heavy atom. The molecule has 14 heavy (non-hydrogen) atoms. The molecular weight excluding hydrogens is 172 g/mol. The van der Waals surface area contributed by atoms with Crippen molar-refractivity contribution in [2.45, 2.75) is 13.3 Å². The summed E-state index contributed by atoms with van der Waals surface area (Å²) >= 11 is 0. The Morgan fingerprint density at radius 2 is 1.79 bits per heavy atom. The molecule has 2 nitrogen and oxygen atoms in total. The van der Waals surface area contributed by atoms with Gasteiger partial charge in [0.1, 0.15) is 0 Å². The number of allylic oxidation sites excluding steroid dienone is 1. The van der Waals surface area contributed by atoms with Crippen molar-refractivity contribution >= 4 is 17.1 Å². The summed E-state index contributed by atoms with van der Waals surface area (Å²) < 4.78 is 0. The summed E-state index contributed by atoms with van der Waals surface area (Å²) in [5.41, 5.74) is 5.48. The van der Waals surface area contributed by atoms with Crippen molar-refractivity contribution in [3.63, 3.8) is 0 Å². The minimum absolute atomic E-state index is 0.952. The largest absolute Gasteiger partial charge is 0.249 e. The molecule has 0 bridgehead atoms. The van der Waals surface area contributed by atoms with E-state index in [4.69, 9.17) is 0 Å². The van der Waals surface area contributed by atoms with Gasteiger partial charge in [0.15, 0.2) is 0 Å². The van der Waals surface area contributed by atoms with E-state index < -0.39 is 0 Å². The van der Waals surface area contributed by atoms with E-state index in [1.807, 2.05) is 24.3 Å². The Hall–Kier alpha value is -1.70. The van der Waals surface area contributed by atoms with Crippen LogP contribution in [0.2, 0.25) is 0 Å². The van der Waals surface area contributed by atoms with Crippen LogP contribution >= 0.6 is 0 Å². The van der Waals surface area contributed by atoms with Gasteiger partial charge in [-0.1, -0.05) is 17.7 Å². The Bertz CT molecular complexity index is 541. The molecule has 0 aliphatic heterocycles. The van der Waals surface area contributed by atoms with Gasteiger partial charge in [0, 0.05) is 6.42 Å². The number of rotatable bonds is 0. The Balaban J connectivity index is 2.33. The molecule has 0 atom stereocenters. The van der Waals surface area contributed by atoms with Crippen molar-refractivity contribution in [2.75, 3.05) is 0 Å². The summed E-state index contributed by atoms with van der Waals surface area (Å²) in [5, 5.41) is 0. The first-order valence-corrected chi connectivity index (χ1v) is 4.76. The normalized spacial score (nSPS) is 14.2. The summed E-state index contributed by atoms with van der Waals surface area (Å²) in [5.74, 6) is 0. The molecule has 0 N–H and O–H groups in total. The lowest BCUT2D eigenvalue weighted by atomic mass is 10.2. The number of para-hydroxylation sites is 2. The summed E-state index contributed by atoms with van der Waals surface area (Å²) in [6.45, 7) is 2.12. The molecule has 1 heterocycles. The third kappa shape index (κ3) is 1.04. The van der Waals surface area contributed by atoms with Gasteiger partial charge in [-0.15, -0.1) is 0 Å². The highest BCUT2D eigenvalue weighted by atomic mass is 14.8. The van der Waals surface area contributed by atoms with Crippen LogP contribution in [-0.2, 0) is 6.42 Å². The van der Waals surface area contributed by atoms with Crippen molar-refractivity contribution in [3.8, 4) is 0 Å². The summed E-state index contributed by atoms with van der Waals surface area (Å²) in [4.78, 5) is 9.16. The molecule has 0 saturated heterocycles. The van der Waals surface area contributed by atoms with E-state index in [-0.39, 0.29) is 0 Å². The smallest absolute Gasteiger partial charge is 0.0894 e. The topological polar surface area (TPSA) is 25.8 Å². The molecule has 0 saturated carbocycles. The van der Waals surface area contributed by atoms with Crippen molar-refractivity contribution in [3.05, 3.63) is 41.2 Å². The number of hydrogen-bond donors (Lipinski definition) is 0. The summed E-state index contributed by atoms with van der Waals surface area (Å²) in [6.07, 6.45) is 3.07. The Morgan fingerprint density at radius 3 is 2.57 bits per heavy atom. The van der Waals surface area contributed by atoms with Crippen LogP contribution in [0.4, 0.5) is 0 Å². The second-order valence-corrected chi connectivity index (χ2v) is 3.71. The minimum Gasteiger partial charge on any atom is -0.249 e. The molecule has 1 aromatic heterocycles. The average Bonchev–Trinajstić information content (AvgIpc) is 2.53. The summed E-state index contributed by atoms with van der Waals surface area (Å²) in [6, 6.07) is 8.01. The van der Waals surface area contributed by atoms with Crippen molar-refractivity contribution in [1.29, 1.82) is 0 Å². The number of fused-ring (bicyclic) bond motifs is 2. The zero-order valence-corrected chi connectivity index (χ0v) is 7.99. The van der Waals surface area contributed by atoms with E-state index in [2.05, 4.69) is 23.0 Å². The molecule has 2 aromatic rings. The maximum Gasteiger partial charge on any atom is 0.0894 e. The van der Waals surface area contributed by atoms with Crippen LogP contribution in [0.25, 0.3) is 17.1 Å². The van der Waals surface area contributed by atoms with Crippen LogP contribution in [0.5, 0.6) is 0 Å². The highest BCUT2D eigenvalue weighted by Gasteiger charge is 2.13. The predicted molar refractivity (Wildman–Crippen MR) is 56.9 cm³/mol. The van der Waals surface area contributed by atoms with Gasteiger partial charge in [0.05, 0.1) is 22.4 Å². The molecule has 68 valence electrons.